The quantitative estimate of drug-likeness (QED) is 0.365. The fourth-order valence-electron chi connectivity index (χ4n) is 3.37. The molecule has 0 amide bonds. The second-order valence-corrected chi connectivity index (χ2v) is 6.96. The van der Waals surface area contributed by atoms with E-state index in [9.17, 15) is 4.79 Å². The largest absolute Gasteiger partial charge is 0.369 e. The number of hydrogen-bond acceptors (Lipinski definition) is 3. The first-order valence-electron chi connectivity index (χ1n) is 9.82. The molecular weight excluding hydrogens is 290 g/mol. The van der Waals surface area contributed by atoms with Crippen molar-refractivity contribution in [2.45, 2.75) is 84.5 Å². The number of quaternary nitrogens is 1. The Hall–Kier alpha value is -0.610. The predicted molar refractivity (Wildman–Crippen MR) is 93.9 cm³/mol. The van der Waals surface area contributed by atoms with E-state index < -0.39 is 0 Å². The summed E-state index contributed by atoms with van der Waals surface area (Å²) in [4.78, 5) is 16.9. The molecule has 4 nitrogen and oxygen atoms in total. The van der Waals surface area contributed by atoms with Gasteiger partial charge in [0.2, 0.25) is 0 Å². The summed E-state index contributed by atoms with van der Waals surface area (Å²) in [6.07, 6.45) is 14.8. The Morgan fingerprint density at radius 2 is 1.35 bits per heavy atom. The summed E-state index contributed by atoms with van der Waals surface area (Å²) in [5.41, 5.74) is 0. The Labute approximate surface area is 143 Å². The minimum absolute atomic E-state index is 0.171. The highest BCUT2D eigenvalue weighted by Gasteiger charge is 2.34. The molecule has 1 aliphatic heterocycles. The summed E-state index contributed by atoms with van der Waals surface area (Å²) >= 11 is 0. The molecule has 0 aromatic carbocycles. The lowest BCUT2D eigenvalue weighted by Crippen LogP contribution is -2.56. The summed E-state index contributed by atoms with van der Waals surface area (Å²) in [5, 5.41) is 0. The molecule has 23 heavy (non-hydrogen) atoms. The lowest BCUT2D eigenvalue weighted by atomic mass is 10.1. The molecule has 0 spiro atoms. The van der Waals surface area contributed by atoms with Crippen LogP contribution in [0.4, 0.5) is 0 Å². The maximum absolute atomic E-state index is 11.3. The van der Waals surface area contributed by atoms with Gasteiger partial charge in [0, 0.05) is 13.3 Å². The monoisotopic (exact) mass is 328 g/mol. The Bertz CT molecular complexity index is 301. The third-order valence-electron chi connectivity index (χ3n) is 4.78. The van der Waals surface area contributed by atoms with Gasteiger partial charge in [-0.3, -0.25) is 4.84 Å². The van der Waals surface area contributed by atoms with Gasteiger partial charge in [-0.15, -0.1) is 4.65 Å². The first kappa shape index (κ1) is 20.4. The van der Waals surface area contributed by atoms with Crippen LogP contribution in [0.5, 0.6) is 0 Å². The second kappa shape index (κ2) is 12.8. The van der Waals surface area contributed by atoms with E-state index in [2.05, 4.69) is 6.92 Å². The molecule has 0 aromatic heterocycles. The van der Waals surface area contributed by atoms with E-state index in [1.54, 1.807) is 0 Å². The number of unbranched alkanes of at least 4 members (excludes halogenated alkanes) is 10. The van der Waals surface area contributed by atoms with Crippen molar-refractivity contribution in [3.63, 3.8) is 0 Å². The van der Waals surface area contributed by atoms with E-state index in [4.69, 9.17) is 9.57 Å². The van der Waals surface area contributed by atoms with Crippen molar-refractivity contribution in [2.24, 2.45) is 0 Å². The molecule has 4 heteroatoms. The van der Waals surface area contributed by atoms with E-state index in [1.165, 1.54) is 71.1 Å². The zero-order valence-corrected chi connectivity index (χ0v) is 15.5. The number of carbonyl (C=O) groups excluding carboxylic acids is 1. The summed E-state index contributed by atoms with van der Waals surface area (Å²) in [6.45, 7) is 7.73. The fourth-order valence-corrected chi connectivity index (χ4v) is 3.37. The van der Waals surface area contributed by atoms with Crippen LogP contribution < -0.4 is 0 Å². The van der Waals surface area contributed by atoms with Gasteiger partial charge in [-0.2, -0.15) is 0 Å². The van der Waals surface area contributed by atoms with Crippen LogP contribution in [0, 0.1) is 0 Å². The molecule has 0 saturated carbocycles. The molecule has 0 aliphatic carbocycles. The van der Waals surface area contributed by atoms with Gasteiger partial charge in [-0.05, 0) is 6.42 Å². The molecular formula is C19H38NO3+. The Kier molecular flexibility index (Phi) is 11.3. The van der Waals surface area contributed by atoms with E-state index >= 15 is 0 Å². The van der Waals surface area contributed by atoms with Gasteiger partial charge in [0.05, 0.1) is 13.2 Å². The van der Waals surface area contributed by atoms with Crippen molar-refractivity contribution in [3.05, 3.63) is 0 Å². The molecule has 1 fully saturated rings. The van der Waals surface area contributed by atoms with Crippen molar-refractivity contribution >= 4 is 5.97 Å². The van der Waals surface area contributed by atoms with Gasteiger partial charge in [0.15, 0.2) is 0 Å². The van der Waals surface area contributed by atoms with Gasteiger partial charge in [-0.25, -0.2) is 4.79 Å². The first-order chi connectivity index (χ1) is 11.2. The third kappa shape index (κ3) is 9.98. The van der Waals surface area contributed by atoms with E-state index in [0.717, 1.165) is 26.1 Å². The smallest absolute Gasteiger partial charge is 0.363 e. The molecule has 136 valence electrons. The fraction of sp³-hybridized carbons (Fsp3) is 0.947. The first-order valence-corrected chi connectivity index (χ1v) is 9.82. The zero-order valence-electron chi connectivity index (χ0n) is 15.5. The number of morpholine rings is 1. The summed E-state index contributed by atoms with van der Waals surface area (Å²) in [7, 11) is 0. The normalized spacial score (nSPS) is 17.1. The predicted octanol–water partition coefficient (Wildman–Crippen LogP) is 4.62. The molecule has 1 saturated heterocycles. The number of hydroxylamine groups is 3. The summed E-state index contributed by atoms with van der Waals surface area (Å²) in [5.74, 6) is -0.171. The Morgan fingerprint density at radius 3 is 1.83 bits per heavy atom. The lowest BCUT2D eigenvalue weighted by molar-refractivity contribution is -1.09. The highest BCUT2D eigenvalue weighted by atomic mass is 16.7. The van der Waals surface area contributed by atoms with E-state index in [1.807, 2.05) is 0 Å². The van der Waals surface area contributed by atoms with Crippen molar-refractivity contribution in [1.82, 2.24) is 0 Å². The zero-order chi connectivity index (χ0) is 16.8. The maximum Gasteiger partial charge on any atom is 0.363 e. The molecule has 0 unspecified atom stereocenters. The molecule has 0 aromatic rings. The van der Waals surface area contributed by atoms with Gasteiger partial charge >= 0.3 is 5.97 Å². The van der Waals surface area contributed by atoms with Gasteiger partial charge < -0.3 is 4.74 Å². The maximum atomic E-state index is 11.3. The Morgan fingerprint density at radius 1 is 0.870 bits per heavy atom. The SMILES string of the molecule is CCCCCCCCCCCCC[N+]1(OC(C)=O)CCOCC1. The molecule has 0 radical (unpaired) electrons. The standard InChI is InChI=1S/C19H38NO3/c1-3-4-5-6-7-8-9-10-11-12-13-14-20(23-19(2)21)15-17-22-18-16-20/h3-18H2,1-2H3/q+1. The number of hydrogen-bond donors (Lipinski definition) is 0. The average Bonchev–Trinajstić information content (AvgIpc) is 2.53. The van der Waals surface area contributed by atoms with Crippen LogP contribution in [0.25, 0.3) is 0 Å². The van der Waals surface area contributed by atoms with Crippen LogP contribution in [0.15, 0.2) is 0 Å². The molecule has 1 heterocycles. The summed E-state index contributed by atoms with van der Waals surface area (Å²) in [6, 6.07) is 0. The molecule has 0 bridgehead atoms. The van der Waals surface area contributed by atoms with Crippen LogP contribution in [0.3, 0.4) is 0 Å². The topological polar surface area (TPSA) is 35.5 Å². The van der Waals surface area contributed by atoms with Crippen molar-refractivity contribution in [1.29, 1.82) is 0 Å². The van der Waals surface area contributed by atoms with Crippen LogP contribution in [-0.4, -0.2) is 43.5 Å². The van der Waals surface area contributed by atoms with Crippen LogP contribution in [0.2, 0.25) is 0 Å². The van der Waals surface area contributed by atoms with Gasteiger partial charge in [0.25, 0.3) is 0 Å². The van der Waals surface area contributed by atoms with Crippen LogP contribution in [-0.2, 0) is 14.4 Å². The average molecular weight is 329 g/mol. The van der Waals surface area contributed by atoms with E-state index in [-0.39, 0.29) is 5.97 Å². The van der Waals surface area contributed by atoms with Crippen molar-refractivity contribution in [2.75, 3.05) is 32.8 Å². The highest BCUT2D eigenvalue weighted by Crippen LogP contribution is 2.17. The molecule has 1 aliphatic rings. The molecule has 0 atom stereocenters. The highest BCUT2D eigenvalue weighted by molar-refractivity contribution is 5.65. The molecule has 0 N–H and O–H groups in total. The Balaban J connectivity index is 2.00. The van der Waals surface area contributed by atoms with E-state index in [0.29, 0.717) is 17.9 Å². The van der Waals surface area contributed by atoms with Gasteiger partial charge in [0.1, 0.15) is 19.6 Å². The van der Waals surface area contributed by atoms with Crippen LogP contribution >= 0.6 is 0 Å². The lowest BCUT2D eigenvalue weighted by Gasteiger charge is -2.36. The number of rotatable bonds is 13. The van der Waals surface area contributed by atoms with Gasteiger partial charge in [-0.1, -0.05) is 64.7 Å². The number of carbonyl (C=O) groups is 1. The third-order valence-corrected chi connectivity index (χ3v) is 4.78. The van der Waals surface area contributed by atoms with Crippen LogP contribution in [0.1, 0.15) is 84.5 Å². The molecule has 1 rings (SSSR count). The number of ether oxygens (including phenoxy) is 1. The van der Waals surface area contributed by atoms with Crippen molar-refractivity contribution < 1.29 is 19.0 Å². The minimum Gasteiger partial charge on any atom is -0.369 e. The summed E-state index contributed by atoms with van der Waals surface area (Å²) < 4.78 is 5.89. The number of nitrogens with zero attached hydrogens (tertiary/aromatic N) is 1. The second-order valence-electron chi connectivity index (χ2n) is 6.96. The minimum atomic E-state index is -0.171. The van der Waals surface area contributed by atoms with Crippen molar-refractivity contribution in [3.8, 4) is 0 Å².